The predicted molar refractivity (Wildman–Crippen MR) is 139 cm³/mol. The number of hydrogen-bond donors (Lipinski definition) is 2. The average Bonchev–Trinajstić information content (AvgIpc) is 2.75. The summed E-state index contributed by atoms with van der Waals surface area (Å²) in [4.78, 5) is 18.5. The molecule has 176 valence electrons. The van der Waals surface area contributed by atoms with E-state index in [2.05, 4.69) is 36.1 Å². The summed E-state index contributed by atoms with van der Waals surface area (Å²) in [6.07, 6.45) is 6.53. The number of rotatable bonds is 14. The Morgan fingerprint density at radius 3 is 2.55 bits per heavy atom. The van der Waals surface area contributed by atoms with Crippen LogP contribution in [-0.2, 0) is 11.3 Å². The first kappa shape index (κ1) is 29.0. The molecule has 2 N–H and O–H groups in total. The Morgan fingerprint density at radius 1 is 1.16 bits per heavy atom. The normalized spacial score (nSPS) is 10.6. The molecular formula is C23H39IN4O3. The minimum absolute atomic E-state index is 0. The van der Waals surface area contributed by atoms with Gasteiger partial charge < -0.3 is 25.0 Å². The summed E-state index contributed by atoms with van der Waals surface area (Å²) in [7, 11) is 3.65. The standard InChI is InChI=1S/C23H38N4O3.HI/c1-6-9-10-11-12-15-27(4)23(25-8-3)26-17-19-13-14-20(21(16-19)29-5)30-18-22(28)24-7-2;/h6,13-14,16H,1,7-12,15,17-18H2,2-5H3,(H,24,28)(H,25,26);1H. The van der Waals surface area contributed by atoms with Crippen LogP contribution in [0.15, 0.2) is 35.8 Å². The lowest BCUT2D eigenvalue weighted by molar-refractivity contribution is -0.123. The lowest BCUT2D eigenvalue weighted by atomic mass is 10.2. The predicted octanol–water partition coefficient (Wildman–Crippen LogP) is 3.97. The second-order valence-corrected chi connectivity index (χ2v) is 6.96. The molecule has 0 aliphatic heterocycles. The van der Waals surface area contributed by atoms with E-state index < -0.39 is 0 Å². The molecule has 0 atom stereocenters. The molecule has 0 radical (unpaired) electrons. The van der Waals surface area contributed by atoms with Crippen molar-refractivity contribution in [2.24, 2.45) is 4.99 Å². The van der Waals surface area contributed by atoms with Gasteiger partial charge in [0.2, 0.25) is 0 Å². The Labute approximate surface area is 204 Å². The zero-order chi connectivity index (χ0) is 22.2. The summed E-state index contributed by atoms with van der Waals surface area (Å²) < 4.78 is 11.0. The van der Waals surface area contributed by atoms with Crippen LogP contribution in [0.2, 0.25) is 0 Å². The van der Waals surface area contributed by atoms with Gasteiger partial charge in [-0.25, -0.2) is 4.99 Å². The first-order valence-corrected chi connectivity index (χ1v) is 10.7. The van der Waals surface area contributed by atoms with Gasteiger partial charge in [0, 0.05) is 26.7 Å². The van der Waals surface area contributed by atoms with E-state index in [9.17, 15) is 4.79 Å². The fraction of sp³-hybridized carbons (Fsp3) is 0.565. The molecule has 0 unspecified atom stereocenters. The van der Waals surface area contributed by atoms with Gasteiger partial charge in [-0.3, -0.25) is 4.79 Å². The second-order valence-electron chi connectivity index (χ2n) is 6.96. The number of carbonyl (C=O) groups is 1. The smallest absolute Gasteiger partial charge is 0.257 e. The number of unbranched alkanes of at least 4 members (excludes halogenated alkanes) is 3. The highest BCUT2D eigenvalue weighted by Crippen LogP contribution is 2.28. The SMILES string of the molecule is C=CCCCCCN(C)C(=NCc1ccc(OCC(=O)NCC)c(OC)c1)NCC.I. The number of guanidine groups is 1. The molecular weight excluding hydrogens is 507 g/mol. The quantitative estimate of drug-likeness (QED) is 0.122. The number of ether oxygens (including phenoxy) is 2. The fourth-order valence-corrected chi connectivity index (χ4v) is 2.88. The van der Waals surface area contributed by atoms with Crippen LogP contribution in [0.4, 0.5) is 0 Å². The van der Waals surface area contributed by atoms with Gasteiger partial charge in [-0.2, -0.15) is 0 Å². The Hall–Kier alpha value is -1.97. The molecule has 0 fully saturated rings. The highest BCUT2D eigenvalue weighted by atomic mass is 127. The molecule has 1 aromatic carbocycles. The lowest BCUT2D eigenvalue weighted by Crippen LogP contribution is -2.39. The van der Waals surface area contributed by atoms with E-state index in [4.69, 9.17) is 14.5 Å². The van der Waals surface area contributed by atoms with Crippen molar-refractivity contribution in [2.45, 2.75) is 46.1 Å². The van der Waals surface area contributed by atoms with Crippen LogP contribution in [0.3, 0.4) is 0 Å². The van der Waals surface area contributed by atoms with Crippen molar-refractivity contribution in [3.63, 3.8) is 0 Å². The van der Waals surface area contributed by atoms with E-state index in [1.807, 2.05) is 31.2 Å². The van der Waals surface area contributed by atoms with Crippen LogP contribution in [-0.4, -0.2) is 57.2 Å². The highest BCUT2D eigenvalue weighted by molar-refractivity contribution is 14.0. The topological polar surface area (TPSA) is 75.2 Å². The lowest BCUT2D eigenvalue weighted by Gasteiger charge is -2.22. The van der Waals surface area contributed by atoms with Crippen LogP contribution in [0.1, 0.15) is 45.1 Å². The Kier molecular flexibility index (Phi) is 16.6. The maximum Gasteiger partial charge on any atom is 0.257 e. The summed E-state index contributed by atoms with van der Waals surface area (Å²) >= 11 is 0. The van der Waals surface area contributed by atoms with Gasteiger partial charge in [-0.05, 0) is 50.8 Å². The Morgan fingerprint density at radius 2 is 1.90 bits per heavy atom. The number of nitrogens with zero attached hydrogens (tertiary/aromatic N) is 2. The summed E-state index contributed by atoms with van der Waals surface area (Å²) in [5.74, 6) is 1.86. The molecule has 1 aromatic rings. The number of halogens is 1. The number of carbonyl (C=O) groups excluding carboxylic acids is 1. The van der Waals surface area contributed by atoms with Crippen molar-refractivity contribution in [3.05, 3.63) is 36.4 Å². The third-order valence-electron chi connectivity index (χ3n) is 4.47. The summed E-state index contributed by atoms with van der Waals surface area (Å²) in [6, 6.07) is 5.66. The average molecular weight is 546 g/mol. The molecule has 0 heterocycles. The number of nitrogens with one attached hydrogen (secondary N) is 2. The van der Waals surface area contributed by atoms with Crippen molar-refractivity contribution in [1.82, 2.24) is 15.5 Å². The van der Waals surface area contributed by atoms with Crippen molar-refractivity contribution in [3.8, 4) is 11.5 Å². The first-order chi connectivity index (χ1) is 14.5. The maximum atomic E-state index is 11.6. The van der Waals surface area contributed by atoms with Crippen LogP contribution in [0.25, 0.3) is 0 Å². The van der Waals surface area contributed by atoms with Crippen LogP contribution in [0, 0.1) is 0 Å². The Bertz CT molecular complexity index is 683. The fourth-order valence-electron chi connectivity index (χ4n) is 2.88. The molecule has 7 nitrogen and oxygen atoms in total. The Balaban J connectivity index is 0.00000900. The highest BCUT2D eigenvalue weighted by Gasteiger charge is 2.09. The summed E-state index contributed by atoms with van der Waals surface area (Å²) in [6.45, 7) is 10.5. The number of likely N-dealkylation sites (N-methyl/N-ethyl adjacent to an activating group) is 1. The molecule has 0 aliphatic carbocycles. The van der Waals surface area contributed by atoms with E-state index in [1.54, 1.807) is 7.11 Å². The summed E-state index contributed by atoms with van der Waals surface area (Å²) in [5.41, 5.74) is 1.01. The van der Waals surface area contributed by atoms with Crippen LogP contribution < -0.4 is 20.1 Å². The van der Waals surface area contributed by atoms with E-state index >= 15 is 0 Å². The van der Waals surface area contributed by atoms with Gasteiger partial charge in [0.25, 0.3) is 5.91 Å². The minimum atomic E-state index is -0.156. The van der Waals surface area contributed by atoms with Crippen molar-refractivity contribution in [2.75, 3.05) is 40.4 Å². The largest absolute Gasteiger partial charge is 0.493 e. The third-order valence-corrected chi connectivity index (χ3v) is 4.47. The van der Waals surface area contributed by atoms with E-state index in [1.165, 1.54) is 12.8 Å². The second kappa shape index (κ2) is 17.7. The minimum Gasteiger partial charge on any atom is -0.493 e. The molecule has 0 aliphatic rings. The molecule has 0 bridgehead atoms. The molecule has 31 heavy (non-hydrogen) atoms. The number of aliphatic imine (C=N–C) groups is 1. The zero-order valence-corrected chi connectivity index (χ0v) is 21.7. The molecule has 0 spiro atoms. The monoisotopic (exact) mass is 546 g/mol. The first-order valence-electron chi connectivity index (χ1n) is 10.7. The van der Waals surface area contributed by atoms with E-state index in [0.29, 0.717) is 24.6 Å². The third kappa shape index (κ3) is 11.9. The van der Waals surface area contributed by atoms with E-state index in [-0.39, 0.29) is 36.5 Å². The molecule has 8 heteroatoms. The number of benzene rings is 1. The van der Waals surface area contributed by atoms with Crippen LogP contribution in [0.5, 0.6) is 11.5 Å². The van der Waals surface area contributed by atoms with Gasteiger partial charge in [0.1, 0.15) is 0 Å². The number of allylic oxidation sites excluding steroid dienone is 1. The number of methoxy groups -OCH3 is 1. The van der Waals surface area contributed by atoms with E-state index in [0.717, 1.165) is 37.5 Å². The number of hydrogen-bond acceptors (Lipinski definition) is 4. The van der Waals surface area contributed by atoms with Gasteiger partial charge in [0.15, 0.2) is 24.1 Å². The van der Waals surface area contributed by atoms with Crippen molar-refractivity contribution in [1.29, 1.82) is 0 Å². The zero-order valence-electron chi connectivity index (χ0n) is 19.4. The number of amides is 1. The van der Waals surface area contributed by atoms with Gasteiger partial charge in [-0.15, -0.1) is 30.6 Å². The molecule has 0 aromatic heterocycles. The molecule has 1 rings (SSSR count). The molecule has 1 amide bonds. The van der Waals surface area contributed by atoms with Crippen LogP contribution >= 0.6 is 24.0 Å². The molecule has 0 saturated carbocycles. The van der Waals surface area contributed by atoms with Gasteiger partial charge in [0.05, 0.1) is 13.7 Å². The van der Waals surface area contributed by atoms with Crippen molar-refractivity contribution < 1.29 is 14.3 Å². The summed E-state index contributed by atoms with van der Waals surface area (Å²) in [5, 5.41) is 6.05. The van der Waals surface area contributed by atoms with Gasteiger partial charge in [-0.1, -0.05) is 18.6 Å². The van der Waals surface area contributed by atoms with Gasteiger partial charge >= 0.3 is 0 Å². The van der Waals surface area contributed by atoms with Crippen molar-refractivity contribution >= 4 is 35.8 Å². The maximum absolute atomic E-state index is 11.6. The molecule has 0 saturated heterocycles.